The van der Waals surface area contributed by atoms with Gasteiger partial charge in [0.2, 0.25) is 0 Å². The number of benzene rings is 2. The molecule has 0 atom stereocenters. The topological polar surface area (TPSA) is 94.6 Å². The lowest BCUT2D eigenvalue weighted by Crippen LogP contribution is -2.13. The Bertz CT molecular complexity index is 1170. The number of aromatic nitrogens is 1. The molecular weight excluding hydrogens is 436 g/mol. The molecule has 0 radical (unpaired) electrons. The summed E-state index contributed by atoms with van der Waals surface area (Å²) >= 11 is 1.37. The average Bonchev–Trinajstić information content (AvgIpc) is 3.14. The van der Waals surface area contributed by atoms with Gasteiger partial charge in [-0.25, -0.2) is 13.4 Å². The first-order valence-corrected chi connectivity index (χ1v) is 12.5. The molecule has 1 N–H and O–H groups in total. The van der Waals surface area contributed by atoms with E-state index in [-0.39, 0.29) is 16.9 Å². The maximum absolute atomic E-state index is 12.8. The van der Waals surface area contributed by atoms with Crippen molar-refractivity contribution in [2.24, 2.45) is 0 Å². The number of anilines is 1. The number of rotatable bonds is 8. The van der Waals surface area contributed by atoms with Crippen LogP contribution in [0.5, 0.6) is 17.2 Å². The summed E-state index contributed by atoms with van der Waals surface area (Å²) < 4.78 is 34.9. The normalized spacial score (nSPS) is 11.4. The van der Waals surface area contributed by atoms with Crippen LogP contribution in [0.2, 0.25) is 0 Å². The van der Waals surface area contributed by atoms with Crippen molar-refractivity contribution in [1.29, 1.82) is 0 Å². The third-order valence-electron chi connectivity index (χ3n) is 4.14. The molecule has 31 heavy (non-hydrogen) atoms. The minimum atomic E-state index is -3.29. The summed E-state index contributed by atoms with van der Waals surface area (Å²) in [7, 11) is -3.29. The van der Waals surface area contributed by atoms with E-state index in [0.717, 1.165) is 18.4 Å². The second-order valence-corrected chi connectivity index (χ2v) is 10.0. The van der Waals surface area contributed by atoms with Gasteiger partial charge in [0.25, 0.3) is 5.91 Å². The Kier molecular flexibility index (Phi) is 6.97. The molecule has 0 aliphatic carbocycles. The zero-order valence-corrected chi connectivity index (χ0v) is 19.3. The van der Waals surface area contributed by atoms with Gasteiger partial charge >= 0.3 is 0 Å². The summed E-state index contributed by atoms with van der Waals surface area (Å²) in [6.45, 7) is 5.78. The lowest BCUT2D eigenvalue weighted by molar-refractivity contribution is 0.102. The molecular formula is C22H24N2O5S2. The number of nitrogens with one attached hydrogen (secondary N) is 1. The summed E-state index contributed by atoms with van der Waals surface area (Å²) in [6, 6.07) is 11.0. The highest BCUT2D eigenvalue weighted by Crippen LogP contribution is 2.29. The van der Waals surface area contributed by atoms with Crippen LogP contribution in [0.4, 0.5) is 5.13 Å². The van der Waals surface area contributed by atoms with Crippen LogP contribution >= 0.6 is 11.3 Å². The summed E-state index contributed by atoms with van der Waals surface area (Å²) in [5.41, 5.74) is 1.27. The SMILES string of the molecule is CCc1csc(NC(=O)c2cc(Oc3ccc(S(C)(=O)=O)cc3)cc(OC(C)C)c2)n1. The van der Waals surface area contributed by atoms with Gasteiger partial charge in [-0.2, -0.15) is 0 Å². The van der Waals surface area contributed by atoms with E-state index >= 15 is 0 Å². The third-order valence-corrected chi connectivity index (χ3v) is 6.07. The quantitative estimate of drug-likeness (QED) is 0.512. The van der Waals surface area contributed by atoms with Gasteiger partial charge in [-0.1, -0.05) is 6.92 Å². The molecule has 0 aliphatic heterocycles. The third kappa shape index (κ3) is 6.28. The molecule has 3 rings (SSSR count). The van der Waals surface area contributed by atoms with Crippen LogP contribution in [0.15, 0.2) is 52.7 Å². The Morgan fingerprint density at radius 2 is 1.77 bits per heavy atom. The van der Waals surface area contributed by atoms with Crippen LogP contribution in [0.3, 0.4) is 0 Å². The maximum atomic E-state index is 12.8. The first-order chi connectivity index (χ1) is 14.6. The smallest absolute Gasteiger partial charge is 0.257 e. The van der Waals surface area contributed by atoms with E-state index in [0.29, 0.717) is 27.9 Å². The van der Waals surface area contributed by atoms with E-state index in [9.17, 15) is 13.2 Å². The van der Waals surface area contributed by atoms with E-state index in [1.165, 1.54) is 23.5 Å². The van der Waals surface area contributed by atoms with Gasteiger partial charge in [0.05, 0.1) is 16.7 Å². The Morgan fingerprint density at radius 3 is 2.35 bits per heavy atom. The van der Waals surface area contributed by atoms with Gasteiger partial charge in [0.1, 0.15) is 17.2 Å². The molecule has 0 saturated carbocycles. The zero-order valence-electron chi connectivity index (χ0n) is 17.7. The van der Waals surface area contributed by atoms with Gasteiger partial charge < -0.3 is 9.47 Å². The molecule has 1 heterocycles. The van der Waals surface area contributed by atoms with Crippen LogP contribution in [0.25, 0.3) is 0 Å². The number of thiazole rings is 1. The lowest BCUT2D eigenvalue weighted by Gasteiger charge is -2.14. The molecule has 1 aromatic heterocycles. The van der Waals surface area contributed by atoms with Gasteiger partial charge in [0, 0.05) is 23.3 Å². The van der Waals surface area contributed by atoms with Crippen molar-refractivity contribution in [3.63, 3.8) is 0 Å². The monoisotopic (exact) mass is 460 g/mol. The molecule has 2 aromatic carbocycles. The summed E-state index contributed by atoms with van der Waals surface area (Å²) in [4.78, 5) is 17.3. The number of amides is 1. The Hall–Kier alpha value is -2.91. The Balaban J connectivity index is 1.86. The van der Waals surface area contributed by atoms with Gasteiger partial charge in [0.15, 0.2) is 15.0 Å². The van der Waals surface area contributed by atoms with E-state index in [4.69, 9.17) is 9.47 Å². The summed E-state index contributed by atoms with van der Waals surface area (Å²) in [5.74, 6) is 0.985. The van der Waals surface area contributed by atoms with Crippen molar-refractivity contribution in [3.8, 4) is 17.2 Å². The molecule has 164 valence electrons. The highest BCUT2D eigenvalue weighted by Gasteiger charge is 2.14. The first-order valence-electron chi connectivity index (χ1n) is 9.69. The lowest BCUT2D eigenvalue weighted by atomic mass is 10.2. The fraction of sp³-hybridized carbons (Fsp3) is 0.273. The van der Waals surface area contributed by atoms with Crippen LogP contribution < -0.4 is 14.8 Å². The molecule has 0 fully saturated rings. The fourth-order valence-electron chi connectivity index (χ4n) is 2.69. The number of sulfone groups is 1. The molecule has 7 nitrogen and oxygen atoms in total. The summed E-state index contributed by atoms with van der Waals surface area (Å²) in [6.07, 6.45) is 1.85. The molecule has 0 aliphatic rings. The fourth-order valence-corrected chi connectivity index (χ4v) is 4.11. The molecule has 3 aromatic rings. The number of aryl methyl sites for hydroxylation is 1. The zero-order chi connectivity index (χ0) is 22.6. The highest BCUT2D eigenvalue weighted by molar-refractivity contribution is 7.90. The minimum absolute atomic E-state index is 0.0914. The molecule has 0 saturated heterocycles. The van der Waals surface area contributed by atoms with Crippen molar-refractivity contribution in [2.45, 2.75) is 38.2 Å². The molecule has 0 unspecified atom stereocenters. The number of nitrogens with zero attached hydrogens (tertiary/aromatic N) is 1. The van der Waals surface area contributed by atoms with Gasteiger partial charge in [-0.05, 0) is 56.7 Å². The van der Waals surface area contributed by atoms with Crippen molar-refractivity contribution in [3.05, 3.63) is 59.1 Å². The van der Waals surface area contributed by atoms with Crippen molar-refractivity contribution in [2.75, 3.05) is 11.6 Å². The molecule has 0 spiro atoms. The Labute approximate surface area is 186 Å². The van der Waals surface area contributed by atoms with Gasteiger partial charge in [-0.3, -0.25) is 10.1 Å². The minimum Gasteiger partial charge on any atom is -0.491 e. The molecule has 1 amide bonds. The highest BCUT2D eigenvalue weighted by atomic mass is 32.2. The first kappa shape index (κ1) is 22.8. The second kappa shape index (κ2) is 9.49. The second-order valence-electron chi connectivity index (χ2n) is 7.16. The van der Waals surface area contributed by atoms with Crippen LogP contribution in [0, 0.1) is 0 Å². The van der Waals surface area contributed by atoms with Crippen molar-refractivity contribution < 1.29 is 22.7 Å². The van der Waals surface area contributed by atoms with Crippen molar-refractivity contribution in [1.82, 2.24) is 4.98 Å². The number of ether oxygens (including phenoxy) is 2. The van der Waals surface area contributed by atoms with E-state index < -0.39 is 9.84 Å². The number of carbonyl (C=O) groups is 1. The van der Waals surface area contributed by atoms with Gasteiger partial charge in [-0.15, -0.1) is 11.3 Å². The number of hydrogen-bond donors (Lipinski definition) is 1. The molecule has 9 heteroatoms. The predicted octanol–water partition coefficient (Wildman–Crippen LogP) is 4.94. The maximum Gasteiger partial charge on any atom is 0.257 e. The van der Waals surface area contributed by atoms with E-state index in [2.05, 4.69) is 10.3 Å². The predicted molar refractivity (Wildman–Crippen MR) is 121 cm³/mol. The molecule has 0 bridgehead atoms. The summed E-state index contributed by atoms with van der Waals surface area (Å²) in [5, 5.41) is 5.23. The number of hydrogen-bond acceptors (Lipinski definition) is 7. The van der Waals surface area contributed by atoms with Crippen LogP contribution in [-0.4, -0.2) is 31.7 Å². The van der Waals surface area contributed by atoms with E-state index in [1.54, 1.807) is 30.3 Å². The van der Waals surface area contributed by atoms with Crippen LogP contribution in [-0.2, 0) is 16.3 Å². The van der Waals surface area contributed by atoms with Crippen molar-refractivity contribution >= 4 is 32.2 Å². The standard InChI is InChI=1S/C22H24N2O5S2/c1-5-16-13-30-22(23-16)24-21(25)15-10-18(28-14(2)3)12-19(11-15)29-17-6-8-20(9-7-17)31(4,26)27/h6-14H,5H2,1-4H3,(H,23,24,25). The Morgan fingerprint density at radius 1 is 1.10 bits per heavy atom. The largest absolute Gasteiger partial charge is 0.491 e. The van der Waals surface area contributed by atoms with E-state index in [1.807, 2.05) is 26.2 Å². The average molecular weight is 461 g/mol. The van der Waals surface area contributed by atoms with Crippen LogP contribution in [0.1, 0.15) is 36.8 Å². The number of carbonyl (C=O) groups excluding carboxylic acids is 1.